The van der Waals surface area contributed by atoms with Crippen LogP contribution in [0.3, 0.4) is 0 Å². The lowest BCUT2D eigenvalue weighted by atomic mass is 9.96. The minimum atomic E-state index is -0.368. The Morgan fingerprint density at radius 1 is 1.11 bits per heavy atom. The van der Waals surface area contributed by atoms with E-state index in [0.717, 1.165) is 10.9 Å². The van der Waals surface area contributed by atoms with E-state index in [-0.39, 0.29) is 30.1 Å². The molecular formula is C21H18ClN3O2. The second kappa shape index (κ2) is 6.74. The van der Waals surface area contributed by atoms with Crippen LogP contribution in [0.25, 0.3) is 11.0 Å². The van der Waals surface area contributed by atoms with Crippen molar-refractivity contribution in [3.63, 3.8) is 0 Å². The Balaban J connectivity index is 1.82. The zero-order valence-corrected chi connectivity index (χ0v) is 15.8. The lowest BCUT2D eigenvalue weighted by Gasteiger charge is -2.24. The third-order valence-electron chi connectivity index (χ3n) is 4.87. The maximum absolute atomic E-state index is 13.1. The Bertz CT molecular complexity index is 1060. The second-order valence-corrected chi connectivity index (χ2v) is 7.34. The Hall–Kier alpha value is -2.79. The van der Waals surface area contributed by atoms with Gasteiger partial charge >= 0.3 is 0 Å². The number of carbonyl (C=O) groups is 2. The molecule has 27 heavy (non-hydrogen) atoms. The summed E-state index contributed by atoms with van der Waals surface area (Å²) >= 11 is 5.99. The molecule has 0 saturated carbocycles. The van der Waals surface area contributed by atoms with E-state index < -0.39 is 0 Å². The lowest BCUT2D eigenvalue weighted by Crippen LogP contribution is -2.30. The van der Waals surface area contributed by atoms with Crippen molar-refractivity contribution in [1.82, 2.24) is 9.97 Å². The number of aromatic nitrogens is 2. The van der Waals surface area contributed by atoms with Gasteiger partial charge in [0.2, 0.25) is 0 Å². The third kappa shape index (κ3) is 3.08. The van der Waals surface area contributed by atoms with Crippen molar-refractivity contribution < 1.29 is 9.59 Å². The number of anilines is 1. The molecule has 2 aromatic heterocycles. The molecule has 1 aliphatic rings. The molecule has 136 valence electrons. The van der Waals surface area contributed by atoms with Crippen LogP contribution in [0.15, 0.2) is 48.5 Å². The van der Waals surface area contributed by atoms with Crippen LogP contribution in [0.4, 0.5) is 5.82 Å². The summed E-state index contributed by atoms with van der Waals surface area (Å²) in [4.78, 5) is 36.0. The molecule has 1 atom stereocenters. The van der Waals surface area contributed by atoms with Gasteiger partial charge in [-0.05, 0) is 35.9 Å². The van der Waals surface area contributed by atoms with Gasteiger partial charge in [0.15, 0.2) is 5.65 Å². The van der Waals surface area contributed by atoms with Crippen molar-refractivity contribution in [1.29, 1.82) is 0 Å². The van der Waals surface area contributed by atoms with Gasteiger partial charge in [-0.3, -0.25) is 14.5 Å². The highest BCUT2D eigenvalue weighted by Crippen LogP contribution is 2.39. The van der Waals surface area contributed by atoms with Crippen LogP contribution in [0.5, 0.6) is 0 Å². The Morgan fingerprint density at radius 2 is 1.85 bits per heavy atom. The van der Waals surface area contributed by atoms with Gasteiger partial charge in [-0.15, -0.1) is 0 Å². The first-order valence-electron chi connectivity index (χ1n) is 8.84. The van der Waals surface area contributed by atoms with Gasteiger partial charge in [0.25, 0.3) is 5.91 Å². The van der Waals surface area contributed by atoms with E-state index in [1.165, 1.54) is 0 Å². The molecule has 1 unspecified atom stereocenters. The SMILES string of the molecule is CC(C)C(=O)CC1c2ccccc2C(=O)N1c1ccc2ccc(Cl)nc2n1. The highest BCUT2D eigenvalue weighted by atomic mass is 35.5. The molecule has 3 heterocycles. The first-order chi connectivity index (χ1) is 13.0. The quantitative estimate of drug-likeness (QED) is 0.621. The van der Waals surface area contributed by atoms with E-state index >= 15 is 0 Å². The predicted octanol–water partition coefficient (Wildman–Crippen LogP) is 4.60. The van der Waals surface area contributed by atoms with E-state index in [9.17, 15) is 9.59 Å². The molecule has 0 fully saturated rings. The molecule has 1 amide bonds. The average molecular weight is 380 g/mol. The third-order valence-corrected chi connectivity index (χ3v) is 5.08. The van der Waals surface area contributed by atoms with Gasteiger partial charge in [-0.2, -0.15) is 0 Å². The maximum Gasteiger partial charge on any atom is 0.260 e. The van der Waals surface area contributed by atoms with E-state index in [0.29, 0.717) is 22.2 Å². The molecule has 3 aromatic rings. The minimum Gasteiger partial charge on any atom is -0.299 e. The number of ketones is 1. The fourth-order valence-electron chi connectivity index (χ4n) is 3.38. The first kappa shape index (κ1) is 17.6. The predicted molar refractivity (Wildman–Crippen MR) is 105 cm³/mol. The number of pyridine rings is 2. The molecule has 0 N–H and O–H groups in total. The van der Waals surface area contributed by atoms with E-state index in [4.69, 9.17) is 11.6 Å². The molecular weight excluding hydrogens is 362 g/mol. The minimum absolute atomic E-state index is 0.0975. The van der Waals surface area contributed by atoms with E-state index in [2.05, 4.69) is 9.97 Å². The Morgan fingerprint density at radius 3 is 2.63 bits per heavy atom. The summed E-state index contributed by atoms with van der Waals surface area (Å²) in [6.07, 6.45) is 0.253. The fourth-order valence-corrected chi connectivity index (χ4v) is 3.53. The smallest absolute Gasteiger partial charge is 0.260 e. The summed E-state index contributed by atoms with van der Waals surface area (Å²) in [5.74, 6) is 0.331. The number of benzene rings is 1. The van der Waals surface area contributed by atoms with Crippen LogP contribution in [0.1, 0.15) is 42.2 Å². The topological polar surface area (TPSA) is 63.2 Å². The van der Waals surface area contributed by atoms with E-state index in [1.54, 1.807) is 23.1 Å². The molecule has 0 bridgehead atoms. The summed E-state index contributed by atoms with van der Waals surface area (Å²) in [6.45, 7) is 3.74. The molecule has 1 aromatic carbocycles. The van der Waals surface area contributed by atoms with Crippen LogP contribution in [0, 0.1) is 5.92 Å². The summed E-state index contributed by atoms with van der Waals surface area (Å²) in [5, 5.41) is 1.18. The van der Waals surface area contributed by atoms with Gasteiger partial charge in [-0.25, -0.2) is 9.97 Å². The molecule has 0 spiro atoms. The Labute approximate surface area is 162 Å². The fraction of sp³-hybridized carbons (Fsp3) is 0.238. The summed E-state index contributed by atoms with van der Waals surface area (Å²) in [5.41, 5.74) is 1.94. The van der Waals surface area contributed by atoms with Crippen molar-refractivity contribution in [2.24, 2.45) is 5.92 Å². The second-order valence-electron chi connectivity index (χ2n) is 6.95. The number of halogens is 1. The molecule has 6 heteroatoms. The largest absolute Gasteiger partial charge is 0.299 e. The molecule has 0 aliphatic carbocycles. The number of amides is 1. The number of rotatable bonds is 4. The molecule has 1 aliphatic heterocycles. The highest BCUT2D eigenvalue weighted by Gasteiger charge is 2.39. The highest BCUT2D eigenvalue weighted by molar-refractivity contribution is 6.29. The molecule has 0 saturated heterocycles. The van der Waals surface area contributed by atoms with Gasteiger partial charge in [0.1, 0.15) is 16.8 Å². The van der Waals surface area contributed by atoms with Crippen LogP contribution < -0.4 is 4.90 Å². The van der Waals surface area contributed by atoms with Crippen molar-refractivity contribution in [3.8, 4) is 0 Å². The van der Waals surface area contributed by atoms with Crippen LogP contribution in [-0.2, 0) is 4.79 Å². The Kier molecular flexibility index (Phi) is 4.40. The average Bonchev–Trinajstić information content (AvgIpc) is 2.93. The number of fused-ring (bicyclic) bond motifs is 2. The zero-order chi connectivity index (χ0) is 19.1. The molecule has 4 rings (SSSR count). The van der Waals surface area contributed by atoms with Gasteiger partial charge in [-0.1, -0.05) is 43.6 Å². The van der Waals surface area contributed by atoms with Crippen molar-refractivity contribution in [3.05, 3.63) is 64.8 Å². The monoisotopic (exact) mass is 379 g/mol. The van der Waals surface area contributed by atoms with Crippen LogP contribution >= 0.6 is 11.6 Å². The first-order valence-corrected chi connectivity index (χ1v) is 9.22. The number of hydrogen-bond donors (Lipinski definition) is 0. The van der Waals surface area contributed by atoms with Crippen molar-refractivity contribution in [2.75, 3.05) is 4.90 Å². The molecule has 0 radical (unpaired) electrons. The lowest BCUT2D eigenvalue weighted by molar-refractivity contribution is -0.122. The van der Waals surface area contributed by atoms with Gasteiger partial charge < -0.3 is 0 Å². The number of hydrogen-bond acceptors (Lipinski definition) is 4. The normalized spacial score (nSPS) is 16.2. The standard InChI is InChI=1S/C21H18ClN3O2/c1-12(2)17(26)11-16-14-5-3-4-6-15(14)21(27)25(16)19-10-8-13-7-9-18(22)23-20(13)24-19/h3-10,12,16H,11H2,1-2H3. The summed E-state index contributed by atoms with van der Waals surface area (Å²) in [7, 11) is 0. The van der Waals surface area contributed by atoms with Gasteiger partial charge in [0, 0.05) is 23.3 Å². The zero-order valence-electron chi connectivity index (χ0n) is 15.0. The number of nitrogens with zero attached hydrogens (tertiary/aromatic N) is 3. The van der Waals surface area contributed by atoms with Crippen molar-refractivity contribution in [2.45, 2.75) is 26.3 Å². The summed E-state index contributed by atoms with van der Waals surface area (Å²) < 4.78 is 0. The molecule has 5 nitrogen and oxygen atoms in total. The van der Waals surface area contributed by atoms with E-state index in [1.807, 2.05) is 44.2 Å². The van der Waals surface area contributed by atoms with Crippen LogP contribution in [-0.4, -0.2) is 21.7 Å². The summed E-state index contributed by atoms with van der Waals surface area (Å²) in [6, 6.07) is 14.2. The van der Waals surface area contributed by atoms with Crippen molar-refractivity contribution >= 4 is 40.1 Å². The van der Waals surface area contributed by atoms with Gasteiger partial charge in [0.05, 0.1) is 6.04 Å². The number of Topliss-reactive ketones (excluding diaryl/α,β-unsaturated/α-hetero) is 1. The van der Waals surface area contributed by atoms with Crippen LogP contribution in [0.2, 0.25) is 5.15 Å². The maximum atomic E-state index is 13.1. The number of carbonyl (C=O) groups excluding carboxylic acids is 2.